The number of hydrogen-bond donors (Lipinski definition) is 0. The topological polar surface area (TPSA) is 52.6 Å². The zero-order chi connectivity index (χ0) is 12.3. The van der Waals surface area contributed by atoms with E-state index in [4.69, 9.17) is 9.47 Å². The van der Waals surface area contributed by atoms with Crippen molar-refractivity contribution in [2.75, 3.05) is 6.61 Å². The molecule has 1 heterocycles. The van der Waals surface area contributed by atoms with Crippen LogP contribution < -0.4 is 0 Å². The van der Waals surface area contributed by atoms with Crippen LogP contribution >= 0.6 is 0 Å². The Hall–Kier alpha value is -1.06. The number of rotatable bonds is 4. The molecular formula is C12H20O4. The third-order valence-electron chi connectivity index (χ3n) is 2.90. The van der Waals surface area contributed by atoms with E-state index in [2.05, 4.69) is 0 Å². The number of ether oxygens (including phenoxy) is 2. The van der Waals surface area contributed by atoms with E-state index < -0.39 is 17.5 Å². The van der Waals surface area contributed by atoms with Crippen LogP contribution in [0.2, 0.25) is 0 Å². The number of carbonyl (C=O) groups excluding carboxylic acids is 2. The lowest BCUT2D eigenvalue weighted by atomic mass is 9.88. The summed E-state index contributed by atoms with van der Waals surface area (Å²) in [7, 11) is 0. The van der Waals surface area contributed by atoms with Crippen LogP contribution in [0.5, 0.6) is 0 Å². The Morgan fingerprint density at radius 2 is 2.19 bits per heavy atom. The third kappa shape index (κ3) is 2.74. The normalized spacial score (nSPS) is 25.4. The van der Waals surface area contributed by atoms with Crippen molar-refractivity contribution in [3.8, 4) is 0 Å². The van der Waals surface area contributed by atoms with Crippen LogP contribution in [0.1, 0.15) is 40.5 Å². The van der Waals surface area contributed by atoms with Gasteiger partial charge >= 0.3 is 11.9 Å². The van der Waals surface area contributed by atoms with Crippen LogP contribution in [-0.4, -0.2) is 24.6 Å². The quantitative estimate of drug-likeness (QED) is 0.690. The fourth-order valence-corrected chi connectivity index (χ4v) is 1.78. The van der Waals surface area contributed by atoms with Crippen molar-refractivity contribution in [2.45, 2.75) is 46.6 Å². The standard InChI is InChI=1S/C12H20O4/c1-5-6-12(3,4)11(14)16-9-8(2)7-15-10(9)13/h8-9H,5-7H2,1-4H3. The van der Waals surface area contributed by atoms with Gasteiger partial charge in [0.15, 0.2) is 0 Å². The fraction of sp³-hybridized carbons (Fsp3) is 0.833. The molecule has 4 heteroatoms. The Kier molecular flexibility index (Phi) is 3.94. The van der Waals surface area contributed by atoms with E-state index in [1.807, 2.05) is 27.7 Å². The zero-order valence-electron chi connectivity index (χ0n) is 10.4. The highest BCUT2D eigenvalue weighted by Crippen LogP contribution is 2.27. The first-order chi connectivity index (χ1) is 7.38. The first kappa shape index (κ1) is 13.0. The van der Waals surface area contributed by atoms with Crippen molar-refractivity contribution in [1.82, 2.24) is 0 Å². The molecule has 0 aromatic rings. The van der Waals surface area contributed by atoms with Crippen LogP contribution in [0.25, 0.3) is 0 Å². The molecule has 0 radical (unpaired) electrons. The molecule has 0 bridgehead atoms. The largest absolute Gasteiger partial charge is 0.462 e. The maximum atomic E-state index is 11.9. The van der Waals surface area contributed by atoms with E-state index in [0.29, 0.717) is 6.61 Å². The Labute approximate surface area is 96.3 Å². The minimum atomic E-state index is -0.719. The van der Waals surface area contributed by atoms with Gasteiger partial charge in [-0.05, 0) is 20.3 Å². The van der Waals surface area contributed by atoms with Crippen molar-refractivity contribution in [2.24, 2.45) is 11.3 Å². The van der Waals surface area contributed by atoms with Crippen molar-refractivity contribution in [1.29, 1.82) is 0 Å². The molecule has 16 heavy (non-hydrogen) atoms. The molecule has 0 spiro atoms. The van der Waals surface area contributed by atoms with E-state index in [-0.39, 0.29) is 11.9 Å². The average Bonchev–Trinajstić information content (AvgIpc) is 2.49. The number of carbonyl (C=O) groups is 2. The molecule has 0 amide bonds. The molecule has 1 aliphatic heterocycles. The molecule has 2 atom stereocenters. The number of hydrogen-bond acceptors (Lipinski definition) is 4. The molecule has 0 aromatic heterocycles. The highest BCUT2D eigenvalue weighted by molar-refractivity contribution is 5.83. The summed E-state index contributed by atoms with van der Waals surface area (Å²) in [5.74, 6) is -0.785. The molecule has 1 saturated heterocycles. The lowest BCUT2D eigenvalue weighted by Gasteiger charge is -2.24. The van der Waals surface area contributed by atoms with Gasteiger partial charge in [-0.15, -0.1) is 0 Å². The van der Waals surface area contributed by atoms with Gasteiger partial charge in [0.05, 0.1) is 12.0 Å². The van der Waals surface area contributed by atoms with Crippen LogP contribution in [0.15, 0.2) is 0 Å². The first-order valence-corrected chi connectivity index (χ1v) is 5.76. The molecule has 1 rings (SSSR count). The van der Waals surface area contributed by atoms with E-state index in [1.165, 1.54) is 0 Å². The third-order valence-corrected chi connectivity index (χ3v) is 2.90. The lowest BCUT2D eigenvalue weighted by Crippen LogP contribution is -2.34. The van der Waals surface area contributed by atoms with Crippen LogP contribution in [0.4, 0.5) is 0 Å². The van der Waals surface area contributed by atoms with Crippen molar-refractivity contribution < 1.29 is 19.1 Å². The van der Waals surface area contributed by atoms with Crippen molar-refractivity contribution in [3.05, 3.63) is 0 Å². The SMILES string of the molecule is CCCC(C)(C)C(=O)OC1C(=O)OCC1C. The average molecular weight is 228 g/mol. The first-order valence-electron chi connectivity index (χ1n) is 5.76. The van der Waals surface area contributed by atoms with Crippen LogP contribution in [0.3, 0.4) is 0 Å². The molecule has 0 saturated carbocycles. The summed E-state index contributed by atoms with van der Waals surface area (Å²) in [6.07, 6.45) is 0.943. The molecule has 0 aromatic carbocycles. The predicted octanol–water partition coefficient (Wildman–Crippen LogP) is 1.92. The second-order valence-corrected chi connectivity index (χ2v) is 5.07. The lowest BCUT2D eigenvalue weighted by molar-refractivity contribution is -0.168. The van der Waals surface area contributed by atoms with E-state index >= 15 is 0 Å². The molecule has 0 aliphatic carbocycles. The summed E-state index contributed by atoms with van der Waals surface area (Å²) in [5, 5.41) is 0. The fourth-order valence-electron chi connectivity index (χ4n) is 1.78. The van der Waals surface area contributed by atoms with Gasteiger partial charge < -0.3 is 9.47 Å². The second-order valence-electron chi connectivity index (χ2n) is 5.07. The maximum absolute atomic E-state index is 11.9. The molecule has 1 fully saturated rings. The molecular weight excluding hydrogens is 208 g/mol. The Balaban J connectivity index is 2.60. The number of esters is 2. The van der Waals surface area contributed by atoms with Gasteiger partial charge in [-0.25, -0.2) is 4.79 Å². The molecule has 92 valence electrons. The highest BCUT2D eigenvalue weighted by atomic mass is 16.6. The van der Waals surface area contributed by atoms with Crippen LogP contribution in [0, 0.1) is 11.3 Å². The van der Waals surface area contributed by atoms with Gasteiger partial charge in [0.25, 0.3) is 0 Å². The molecule has 4 nitrogen and oxygen atoms in total. The minimum Gasteiger partial charge on any atom is -0.462 e. The number of cyclic esters (lactones) is 1. The highest BCUT2D eigenvalue weighted by Gasteiger charge is 2.40. The summed E-state index contributed by atoms with van der Waals surface area (Å²) in [6.45, 7) is 7.87. The Morgan fingerprint density at radius 1 is 1.56 bits per heavy atom. The van der Waals surface area contributed by atoms with Gasteiger partial charge in [-0.1, -0.05) is 20.3 Å². The molecule has 2 unspecified atom stereocenters. The van der Waals surface area contributed by atoms with Gasteiger partial charge in [0, 0.05) is 5.92 Å². The van der Waals surface area contributed by atoms with Gasteiger partial charge in [-0.3, -0.25) is 4.79 Å². The Morgan fingerprint density at radius 3 is 2.62 bits per heavy atom. The van der Waals surface area contributed by atoms with Gasteiger partial charge in [0.1, 0.15) is 0 Å². The smallest absolute Gasteiger partial charge is 0.347 e. The minimum absolute atomic E-state index is 0.0473. The summed E-state index contributed by atoms with van der Waals surface area (Å²) in [4.78, 5) is 23.2. The summed E-state index contributed by atoms with van der Waals surface area (Å²) in [6, 6.07) is 0. The van der Waals surface area contributed by atoms with E-state index in [0.717, 1.165) is 12.8 Å². The van der Waals surface area contributed by atoms with Gasteiger partial charge in [-0.2, -0.15) is 0 Å². The molecule has 1 aliphatic rings. The molecule has 0 N–H and O–H groups in total. The maximum Gasteiger partial charge on any atom is 0.347 e. The monoisotopic (exact) mass is 228 g/mol. The van der Waals surface area contributed by atoms with Crippen molar-refractivity contribution >= 4 is 11.9 Å². The summed E-state index contributed by atoms with van der Waals surface area (Å²) >= 11 is 0. The van der Waals surface area contributed by atoms with Crippen molar-refractivity contribution in [3.63, 3.8) is 0 Å². The van der Waals surface area contributed by atoms with Crippen LogP contribution in [-0.2, 0) is 19.1 Å². The zero-order valence-corrected chi connectivity index (χ0v) is 10.4. The Bertz CT molecular complexity index is 283. The van der Waals surface area contributed by atoms with Gasteiger partial charge in [0.2, 0.25) is 6.10 Å². The van der Waals surface area contributed by atoms with E-state index in [9.17, 15) is 9.59 Å². The predicted molar refractivity (Wildman–Crippen MR) is 58.7 cm³/mol. The summed E-state index contributed by atoms with van der Waals surface area (Å²) in [5.41, 5.74) is -0.530. The summed E-state index contributed by atoms with van der Waals surface area (Å²) < 4.78 is 10.1. The second kappa shape index (κ2) is 4.85. The van der Waals surface area contributed by atoms with E-state index in [1.54, 1.807) is 0 Å².